The molecular formula is C14H16BrFO. The summed E-state index contributed by atoms with van der Waals surface area (Å²) in [4.78, 5) is 12.4. The summed E-state index contributed by atoms with van der Waals surface area (Å²) in [5.41, 5.74) is 0.0838. The Morgan fingerprint density at radius 2 is 1.76 bits per heavy atom. The average molecular weight is 299 g/mol. The smallest absolute Gasteiger partial charge is 0.170 e. The first-order valence-electron chi connectivity index (χ1n) is 5.69. The number of hydrogen-bond donors (Lipinski definition) is 0. The van der Waals surface area contributed by atoms with Crippen LogP contribution in [0.1, 0.15) is 38.1 Å². The van der Waals surface area contributed by atoms with E-state index in [1.807, 2.05) is 0 Å². The Morgan fingerprint density at radius 1 is 1.24 bits per heavy atom. The minimum absolute atomic E-state index is 0.0567. The summed E-state index contributed by atoms with van der Waals surface area (Å²) in [5.74, 6) is -0.616. The number of carbonyl (C=O) groups is 1. The molecule has 0 N–H and O–H groups in total. The molecule has 1 aliphatic carbocycles. The molecule has 0 bridgehead atoms. The Bertz CT molecular complexity index is 477. The summed E-state index contributed by atoms with van der Waals surface area (Å²) >= 11 is 3.27. The Labute approximate surface area is 110 Å². The lowest BCUT2D eigenvalue weighted by Crippen LogP contribution is -2.09. The van der Waals surface area contributed by atoms with Gasteiger partial charge in [0, 0.05) is 10.4 Å². The molecule has 17 heavy (non-hydrogen) atoms. The third-order valence-corrected chi connectivity index (χ3v) is 4.97. The minimum Gasteiger partial charge on any atom is -0.294 e. The summed E-state index contributed by atoms with van der Waals surface area (Å²) in [7, 11) is 0. The van der Waals surface area contributed by atoms with Crippen LogP contribution in [0.3, 0.4) is 0 Å². The van der Waals surface area contributed by atoms with Crippen LogP contribution in [0.25, 0.3) is 0 Å². The van der Waals surface area contributed by atoms with Crippen LogP contribution in [0.15, 0.2) is 22.7 Å². The van der Waals surface area contributed by atoms with Crippen LogP contribution in [-0.4, -0.2) is 5.78 Å². The monoisotopic (exact) mass is 298 g/mol. The Hall–Kier alpha value is -0.700. The number of ketones is 1. The van der Waals surface area contributed by atoms with Gasteiger partial charge in [-0.15, -0.1) is 0 Å². The van der Waals surface area contributed by atoms with Crippen molar-refractivity contribution in [3.63, 3.8) is 0 Å². The zero-order valence-corrected chi connectivity index (χ0v) is 12.1. The van der Waals surface area contributed by atoms with Gasteiger partial charge in [-0.2, -0.15) is 0 Å². The number of benzene rings is 1. The van der Waals surface area contributed by atoms with Gasteiger partial charge in [0.05, 0.1) is 5.56 Å². The molecule has 1 aromatic carbocycles. The van der Waals surface area contributed by atoms with E-state index in [4.69, 9.17) is 0 Å². The van der Waals surface area contributed by atoms with E-state index < -0.39 is 5.82 Å². The molecule has 92 valence electrons. The molecule has 3 heteroatoms. The maximum atomic E-state index is 13.7. The molecule has 1 aliphatic rings. The lowest BCUT2D eigenvalue weighted by molar-refractivity contribution is 0.0941. The molecule has 0 heterocycles. The topological polar surface area (TPSA) is 17.1 Å². The van der Waals surface area contributed by atoms with E-state index in [2.05, 4.69) is 43.6 Å². The van der Waals surface area contributed by atoms with Crippen LogP contribution in [0, 0.1) is 22.6 Å². The maximum absolute atomic E-state index is 13.7. The highest BCUT2D eigenvalue weighted by atomic mass is 79.9. The fourth-order valence-electron chi connectivity index (χ4n) is 2.69. The fourth-order valence-corrected chi connectivity index (χ4v) is 3.05. The number of halogens is 2. The van der Waals surface area contributed by atoms with Crippen LogP contribution < -0.4 is 0 Å². The van der Waals surface area contributed by atoms with Crippen molar-refractivity contribution in [3.8, 4) is 0 Å². The second-order valence-electron chi connectivity index (χ2n) is 5.86. The SMILES string of the molecule is CC1(C)C(C(=O)c2cc(Br)ccc2F)C1(C)C. The number of carbonyl (C=O) groups excluding carboxylic acids is 1. The molecule has 2 rings (SSSR count). The summed E-state index contributed by atoms with van der Waals surface area (Å²) in [6, 6.07) is 4.51. The van der Waals surface area contributed by atoms with Gasteiger partial charge >= 0.3 is 0 Å². The van der Waals surface area contributed by atoms with Crippen molar-refractivity contribution < 1.29 is 9.18 Å². The van der Waals surface area contributed by atoms with Gasteiger partial charge in [0.1, 0.15) is 5.82 Å². The van der Waals surface area contributed by atoms with Crippen molar-refractivity contribution in [2.24, 2.45) is 16.7 Å². The van der Waals surface area contributed by atoms with E-state index in [-0.39, 0.29) is 28.1 Å². The second kappa shape index (κ2) is 3.64. The molecule has 0 aliphatic heterocycles. The van der Waals surface area contributed by atoms with Crippen LogP contribution in [0.4, 0.5) is 4.39 Å². The summed E-state index contributed by atoms with van der Waals surface area (Å²) in [6.45, 7) is 8.24. The number of hydrogen-bond acceptors (Lipinski definition) is 1. The molecule has 1 aromatic rings. The number of Topliss-reactive ketones (excluding diaryl/α,β-unsaturated/α-hetero) is 1. The van der Waals surface area contributed by atoms with Crippen LogP contribution >= 0.6 is 15.9 Å². The van der Waals surface area contributed by atoms with E-state index in [0.717, 1.165) is 4.47 Å². The second-order valence-corrected chi connectivity index (χ2v) is 6.78. The number of rotatable bonds is 2. The van der Waals surface area contributed by atoms with Gasteiger partial charge in [-0.05, 0) is 29.0 Å². The van der Waals surface area contributed by atoms with Gasteiger partial charge in [-0.25, -0.2) is 4.39 Å². The lowest BCUT2D eigenvalue weighted by atomic mass is 10.0. The highest BCUT2D eigenvalue weighted by Gasteiger charge is 2.68. The van der Waals surface area contributed by atoms with Crippen molar-refractivity contribution in [2.75, 3.05) is 0 Å². The Kier molecular flexibility index (Phi) is 2.73. The average Bonchev–Trinajstić information content (AvgIpc) is 2.61. The van der Waals surface area contributed by atoms with E-state index in [1.165, 1.54) is 6.07 Å². The molecule has 0 aromatic heterocycles. The molecule has 1 fully saturated rings. The summed E-state index contributed by atoms with van der Waals surface area (Å²) in [5, 5.41) is 0. The van der Waals surface area contributed by atoms with Crippen LogP contribution in [0.2, 0.25) is 0 Å². The Morgan fingerprint density at radius 3 is 2.24 bits per heavy atom. The molecular weight excluding hydrogens is 283 g/mol. The molecule has 1 nitrogen and oxygen atoms in total. The lowest BCUT2D eigenvalue weighted by Gasteiger charge is -2.04. The van der Waals surface area contributed by atoms with Crippen molar-refractivity contribution >= 4 is 21.7 Å². The van der Waals surface area contributed by atoms with E-state index >= 15 is 0 Å². The first kappa shape index (κ1) is 12.7. The quantitative estimate of drug-likeness (QED) is 0.737. The van der Waals surface area contributed by atoms with E-state index in [0.29, 0.717) is 0 Å². The third kappa shape index (κ3) is 1.75. The zero-order chi connectivity index (χ0) is 13.0. The highest BCUT2D eigenvalue weighted by molar-refractivity contribution is 9.10. The summed E-state index contributed by atoms with van der Waals surface area (Å²) in [6.07, 6.45) is 0. The largest absolute Gasteiger partial charge is 0.294 e. The van der Waals surface area contributed by atoms with E-state index in [9.17, 15) is 9.18 Å². The molecule has 0 atom stereocenters. The molecule has 0 saturated heterocycles. The highest BCUT2D eigenvalue weighted by Crippen LogP contribution is 2.69. The molecule has 0 spiro atoms. The maximum Gasteiger partial charge on any atom is 0.170 e. The van der Waals surface area contributed by atoms with Gasteiger partial charge < -0.3 is 0 Å². The van der Waals surface area contributed by atoms with Gasteiger partial charge in [0.25, 0.3) is 0 Å². The van der Waals surface area contributed by atoms with Gasteiger partial charge in [0.15, 0.2) is 5.78 Å². The normalized spacial score (nSPS) is 21.3. The van der Waals surface area contributed by atoms with Gasteiger partial charge in [0.2, 0.25) is 0 Å². The third-order valence-electron chi connectivity index (χ3n) is 4.48. The first-order valence-corrected chi connectivity index (χ1v) is 6.48. The van der Waals surface area contributed by atoms with E-state index in [1.54, 1.807) is 12.1 Å². The molecule has 0 amide bonds. The molecule has 0 radical (unpaired) electrons. The standard InChI is InChI=1S/C14H16BrFO/c1-13(2)12(14(13,3)4)11(17)9-7-8(15)5-6-10(9)16/h5-7,12H,1-4H3. The Balaban J connectivity index is 2.38. The minimum atomic E-state index is -0.434. The van der Waals surface area contributed by atoms with Crippen LogP contribution in [0.5, 0.6) is 0 Å². The van der Waals surface area contributed by atoms with Crippen molar-refractivity contribution in [1.29, 1.82) is 0 Å². The van der Waals surface area contributed by atoms with Crippen molar-refractivity contribution in [3.05, 3.63) is 34.1 Å². The van der Waals surface area contributed by atoms with Gasteiger partial charge in [-0.1, -0.05) is 43.6 Å². The molecule has 1 saturated carbocycles. The first-order chi connectivity index (χ1) is 7.69. The van der Waals surface area contributed by atoms with Crippen molar-refractivity contribution in [2.45, 2.75) is 27.7 Å². The van der Waals surface area contributed by atoms with Gasteiger partial charge in [-0.3, -0.25) is 4.79 Å². The summed E-state index contributed by atoms with van der Waals surface area (Å²) < 4.78 is 14.4. The zero-order valence-electron chi connectivity index (χ0n) is 10.5. The fraction of sp³-hybridized carbons (Fsp3) is 0.500. The van der Waals surface area contributed by atoms with Crippen LogP contribution in [-0.2, 0) is 0 Å². The van der Waals surface area contributed by atoms with Crippen molar-refractivity contribution in [1.82, 2.24) is 0 Å². The predicted molar refractivity (Wildman–Crippen MR) is 69.5 cm³/mol. The molecule has 0 unspecified atom stereocenters. The predicted octanol–water partition coefficient (Wildman–Crippen LogP) is 4.45.